The summed E-state index contributed by atoms with van der Waals surface area (Å²) in [4.78, 5) is 2.61. The number of benzene rings is 1. The van der Waals surface area contributed by atoms with Crippen molar-refractivity contribution < 1.29 is 9.47 Å². The molecule has 0 saturated carbocycles. The molecule has 0 N–H and O–H groups in total. The van der Waals surface area contributed by atoms with Crippen molar-refractivity contribution in [3.05, 3.63) is 36.4 Å². The lowest BCUT2D eigenvalue weighted by Crippen LogP contribution is -2.25. The van der Waals surface area contributed by atoms with Crippen LogP contribution >= 0.6 is 0 Å². The predicted octanol–water partition coefficient (Wildman–Crippen LogP) is 4.46. The number of rotatable bonds is 9. The van der Waals surface area contributed by atoms with Gasteiger partial charge in [0.15, 0.2) is 11.5 Å². The fourth-order valence-electron chi connectivity index (χ4n) is 3.10. The molecule has 1 fully saturated rings. The maximum absolute atomic E-state index is 5.91. The standard InChI is InChI=1S/C20H31NO2/c1-3-10-18-11-12-19(20(17-18)22-2)23-16-9-8-15-21-13-6-4-5-7-14-21/h3,11-12,17H,1,4-10,13-16H2,2H3. The predicted molar refractivity (Wildman–Crippen MR) is 96.5 cm³/mol. The zero-order chi connectivity index (χ0) is 16.3. The molecule has 0 aliphatic carbocycles. The number of unbranched alkanes of at least 4 members (excludes halogenated alkanes) is 1. The van der Waals surface area contributed by atoms with E-state index in [1.807, 2.05) is 18.2 Å². The van der Waals surface area contributed by atoms with Gasteiger partial charge in [-0.1, -0.05) is 25.0 Å². The lowest BCUT2D eigenvalue weighted by Gasteiger charge is -2.19. The van der Waals surface area contributed by atoms with Crippen LogP contribution in [-0.2, 0) is 6.42 Å². The first kappa shape index (κ1) is 17.9. The highest BCUT2D eigenvalue weighted by molar-refractivity contribution is 5.43. The Morgan fingerprint density at radius 2 is 1.87 bits per heavy atom. The second-order valence-corrected chi connectivity index (χ2v) is 6.29. The van der Waals surface area contributed by atoms with E-state index in [0.717, 1.165) is 30.9 Å². The Hall–Kier alpha value is -1.48. The lowest BCUT2D eigenvalue weighted by molar-refractivity contribution is 0.251. The van der Waals surface area contributed by atoms with Crippen molar-refractivity contribution in [3.8, 4) is 11.5 Å². The van der Waals surface area contributed by atoms with Crippen LogP contribution in [0.15, 0.2) is 30.9 Å². The number of likely N-dealkylation sites (tertiary alicyclic amines) is 1. The van der Waals surface area contributed by atoms with E-state index in [9.17, 15) is 0 Å². The topological polar surface area (TPSA) is 21.7 Å². The largest absolute Gasteiger partial charge is 0.493 e. The molecule has 0 amide bonds. The fourth-order valence-corrected chi connectivity index (χ4v) is 3.10. The summed E-state index contributed by atoms with van der Waals surface area (Å²) in [7, 11) is 1.69. The van der Waals surface area contributed by atoms with E-state index in [1.54, 1.807) is 7.11 Å². The highest BCUT2D eigenvalue weighted by Crippen LogP contribution is 2.28. The Morgan fingerprint density at radius 1 is 1.09 bits per heavy atom. The third-order valence-corrected chi connectivity index (χ3v) is 4.43. The zero-order valence-corrected chi connectivity index (χ0v) is 14.6. The quantitative estimate of drug-likeness (QED) is 0.496. The molecular weight excluding hydrogens is 286 g/mol. The van der Waals surface area contributed by atoms with E-state index < -0.39 is 0 Å². The molecule has 1 aromatic carbocycles. The summed E-state index contributed by atoms with van der Waals surface area (Å²) in [5.41, 5.74) is 1.20. The Kier molecular flexibility index (Phi) is 8.02. The van der Waals surface area contributed by atoms with Crippen molar-refractivity contribution in [2.75, 3.05) is 33.4 Å². The summed E-state index contributed by atoms with van der Waals surface area (Å²) in [6, 6.07) is 6.12. The van der Waals surface area contributed by atoms with Crippen molar-refractivity contribution in [3.63, 3.8) is 0 Å². The van der Waals surface area contributed by atoms with Gasteiger partial charge in [0.05, 0.1) is 13.7 Å². The van der Waals surface area contributed by atoms with Crippen molar-refractivity contribution in [2.24, 2.45) is 0 Å². The third kappa shape index (κ3) is 6.26. The molecule has 23 heavy (non-hydrogen) atoms. The summed E-state index contributed by atoms with van der Waals surface area (Å²) >= 11 is 0. The molecule has 3 heteroatoms. The molecule has 0 spiro atoms. The second kappa shape index (κ2) is 10.3. The van der Waals surface area contributed by atoms with Gasteiger partial charge in [-0.15, -0.1) is 6.58 Å². The van der Waals surface area contributed by atoms with Gasteiger partial charge in [-0.2, -0.15) is 0 Å². The number of methoxy groups -OCH3 is 1. The Morgan fingerprint density at radius 3 is 2.57 bits per heavy atom. The molecule has 1 saturated heterocycles. The van der Waals surface area contributed by atoms with E-state index >= 15 is 0 Å². The Balaban J connectivity index is 1.70. The summed E-state index contributed by atoms with van der Waals surface area (Å²) in [6.07, 6.45) is 10.6. The van der Waals surface area contributed by atoms with Gasteiger partial charge in [0, 0.05) is 0 Å². The van der Waals surface area contributed by atoms with E-state index in [2.05, 4.69) is 17.5 Å². The minimum atomic E-state index is 0.755. The molecule has 1 heterocycles. The number of hydrogen-bond donors (Lipinski definition) is 0. The first-order chi connectivity index (χ1) is 11.3. The molecule has 0 atom stereocenters. The van der Waals surface area contributed by atoms with Crippen molar-refractivity contribution in [1.82, 2.24) is 4.90 Å². The Labute approximate surface area is 141 Å². The van der Waals surface area contributed by atoms with Crippen LogP contribution in [0.3, 0.4) is 0 Å². The van der Waals surface area contributed by atoms with Gasteiger partial charge in [0.2, 0.25) is 0 Å². The average molecular weight is 317 g/mol. The zero-order valence-electron chi connectivity index (χ0n) is 14.6. The van der Waals surface area contributed by atoms with Crippen LogP contribution in [0.4, 0.5) is 0 Å². The van der Waals surface area contributed by atoms with E-state index in [0.29, 0.717) is 0 Å². The van der Waals surface area contributed by atoms with Crippen molar-refractivity contribution in [2.45, 2.75) is 44.9 Å². The fraction of sp³-hybridized carbons (Fsp3) is 0.600. The summed E-state index contributed by atoms with van der Waals surface area (Å²) < 4.78 is 11.3. The van der Waals surface area contributed by atoms with E-state index in [1.165, 1.54) is 57.3 Å². The molecule has 0 radical (unpaired) electrons. The number of ether oxygens (including phenoxy) is 2. The molecule has 1 aromatic rings. The number of hydrogen-bond acceptors (Lipinski definition) is 3. The number of allylic oxidation sites excluding steroid dienone is 1. The van der Waals surface area contributed by atoms with Crippen LogP contribution in [0.2, 0.25) is 0 Å². The highest BCUT2D eigenvalue weighted by atomic mass is 16.5. The third-order valence-electron chi connectivity index (χ3n) is 4.43. The average Bonchev–Trinajstić information content (AvgIpc) is 2.84. The maximum atomic E-state index is 5.91. The highest BCUT2D eigenvalue weighted by Gasteiger charge is 2.09. The van der Waals surface area contributed by atoms with Crippen LogP contribution in [0, 0.1) is 0 Å². The van der Waals surface area contributed by atoms with Crippen LogP contribution in [-0.4, -0.2) is 38.3 Å². The van der Waals surface area contributed by atoms with Crippen molar-refractivity contribution in [1.29, 1.82) is 0 Å². The molecule has 0 unspecified atom stereocenters. The molecule has 0 bridgehead atoms. The first-order valence-corrected chi connectivity index (χ1v) is 8.96. The van der Waals surface area contributed by atoms with Crippen LogP contribution in [0.1, 0.15) is 44.1 Å². The molecular formula is C20H31NO2. The molecule has 1 aliphatic rings. The summed E-state index contributed by atoms with van der Waals surface area (Å²) in [5.74, 6) is 1.66. The van der Waals surface area contributed by atoms with Crippen LogP contribution in [0.5, 0.6) is 11.5 Å². The van der Waals surface area contributed by atoms with Crippen LogP contribution in [0.25, 0.3) is 0 Å². The summed E-state index contributed by atoms with van der Waals surface area (Å²) in [6.45, 7) is 8.29. The minimum Gasteiger partial charge on any atom is -0.493 e. The number of nitrogens with zero attached hydrogens (tertiary/aromatic N) is 1. The van der Waals surface area contributed by atoms with Gasteiger partial charge in [-0.25, -0.2) is 0 Å². The van der Waals surface area contributed by atoms with Gasteiger partial charge < -0.3 is 14.4 Å². The van der Waals surface area contributed by atoms with E-state index in [4.69, 9.17) is 9.47 Å². The Bertz CT molecular complexity index is 465. The second-order valence-electron chi connectivity index (χ2n) is 6.29. The van der Waals surface area contributed by atoms with Gasteiger partial charge in [-0.3, -0.25) is 0 Å². The SMILES string of the molecule is C=CCc1ccc(OCCCCN2CCCCCC2)c(OC)c1. The van der Waals surface area contributed by atoms with Crippen molar-refractivity contribution >= 4 is 0 Å². The van der Waals surface area contributed by atoms with Gasteiger partial charge >= 0.3 is 0 Å². The van der Waals surface area contributed by atoms with Crippen LogP contribution < -0.4 is 9.47 Å². The van der Waals surface area contributed by atoms with Gasteiger partial charge in [0.25, 0.3) is 0 Å². The normalized spacial score (nSPS) is 15.9. The molecule has 3 nitrogen and oxygen atoms in total. The lowest BCUT2D eigenvalue weighted by atomic mass is 10.1. The van der Waals surface area contributed by atoms with Gasteiger partial charge in [-0.05, 0) is 69.4 Å². The summed E-state index contributed by atoms with van der Waals surface area (Å²) in [5, 5.41) is 0. The molecule has 128 valence electrons. The molecule has 1 aliphatic heterocycles. The first-order valence-electron chi connectivity index (χ1n) is 8.96. The van der Waals surface area contributed by atoms with Gasteiger partial charge in [0.1, 0.15) is 0 Å². The van der Waals surface area contributed by atoms with E-state index in [-0.39, 0.29) is 0 Å². The monoisotopic (exact) mass is 317 g/mol. The maximum Gasteiger partial charge on any atom is 0.161 e. The smallest absolute Gasteiger partial charge is 0.161 e. The molecule has 0 aromatic heterocycles. The molecule has 2 rings (SSSR count). The minimum absolute atomic E-state index is 0.755.